The van der Waals surface area contributed by atoms with Gasteiger partial charge in [-0.2, -0.15) is 0 Å². The maximum Gasteiger partial charge on any atom is 0.311 e. The van der Waals surface area contributed by atoms with Crippen LogP contribution in [0, 0.1) is 5.41 Å². The summed E-state index contributed by atoms with van der Waals surface area (Å²) in [5, 5.41) is 9.35. The fraction of sp³-hybridized carbons (Fsp3) is 0.500. The number of hydrogen-bond donors (Lipinski definition) is 2. The second kappa shape index (κ2) is 6.26. The van der Waals surface area contributed by atoms with Crippen molar-refractivity contribution in [2.24, 2.45) is 11.1 Å². The van der Waals surface area contributed by atoms with Crippen molar-refractivity contribution in [2.45, 2.75) is 26.2 Å². The van der Waals surface area contributed by atoms with Gasteiger partial charge in [-0.1, -0.05) is 18.2 Å². The van der Waals surface area contributed by atoms with Gasteiger partial charge in [0.15, 0.2) is 0 Å². The topological polar surface area (TPSA) is 83.6 Å². The smallest absolute Gasteiger partial charge is 0.311 e. The van der Waals surface area contributed by atoms with E-state index in [1.165, 1.54) is 0 Å². The molecule has 1 aliphatic heterocycles. The number of carboxylic acid groups (broad SMARTS) is 1. The third-order valence-corrected chi connectivity index (χ3v) is 4.16. The minimum Gasteiger partial charge on any atom is -0.481 e. The normalized spacial score (nSPS) is 22.1. The Hall–Kier alpha value is -1.88. The molecule has 1 aliphatic rings. The Morgan fingerprint density at radius 3 is 2.76 bits per heavy atom. The highest BCUT2D eigenvalue weighted by Gasteiger charge is 2.39. The van der Waals surface area contributed by atoms with Gasteiger partial charge in [0, 0.05) is 18.7 Å². The molecule has 3 N–H and O–H groups in total. The lowest BCUT2D eigenvalue weighted by Gasteiger charge is -2.37. The van der Waals surface area contributed by atoms with Gasteiger partial charge in [0.05, 0.1) is 5.41 Å². The average molecular weight is 290 g/mol. The fourth-order valence-electron chi connectivity index (χ4n) is 2.86. The molecule has 5 heteroatoms. The van der Waals surface area contributed by atoms with Crippen LogP contribution in [-0.2, 0) is 11.2 Å². The van der Waals surface area contributed by atoms with E-state index in [-0.39, 0.29) is 12.5 Å². The Labute approximate surface area is 124 Å². The largest absolute Gasteiger partial charge is 0.481 e. The SMILES string of the molecule is CC1(C(=O)O)CCCN(C(=O)c2ccccc2CCN)C1. The highest BCUT2D eigenvalue weighted by atomic mass is 16.4. The molecule has 0 bridgehead atoms. The van der Waals surface area contributed by atoms with Crippen molar-refractivity contribution in [1.82, 2.24) is 4.90 Å². The van der Waals surface area contributed by atoms with Crippen LogP contribution in [0.3, 0.4) is 0 Å². The number of carbonyl (C=O) groups excluding carboxylic acids is 1. The first-order chi connectivity index (χ1) is 9.98. The van der Waals surface area contributed by atoms with Crippen molar-refractivity contribution in [3.8, 4) is 0 Å². The Balaban J connectivity index is 2.22. The molecular formula is C16H22N2O3. The fourth-order valence-corrected chi connectivity index (χ4v) is 2.86. The standard InChI is InChI=1S/C16H22N2O3/c1-16(15(20)21)8-4-10-18(11-16)14(19)13-6-3-2-5-12(13)7-9-17/h2-3,5-6H,4,7-11,17H2,1H3,(H,20,21). The van der Waals surface area contributed by atoms with Gasteiger partial charge >= 0.3 is 5.97 Å². The quantitative estimate of drug-likeness (QED) is 0.880. The number of aliphatic carboxylic acids is 1. The van der Waals surface area contributed by atoms with Gasteiger partial charge in [-0.25, -0.2) is 0 Å². The molecule has 1 saturated heterocycles. The van der Waals surface area contributed by atoms with E-state index in [1.54, 1.807) is 17.9 Å². The van der Waals surface area contributed by atoms with Crippen LogP contribution in [-0.4, -0.2) is 41.5 Å². The zero-order chi connectivity index (χ0) is 15.5. The number of amides is 1. The first-order valence-corrected chi connectivity index (χ1v) is 7.28. The van der Waals surface area contributed by atoms with Crippen LogP contribution < -0.4 is 5.73 Å². The van der Waals surface area contributed by atoms with Crippen LogP contribution in [0.5, 0.6) is 0 Å². The predicted octanol–water partition coefficient (Wildman–Crippen LogP) is 1.51. The van der Waals surface area contributed by atoms with E-state index in [0.717, 1.165) is 5.56 Å². The molecule has 114 valence electrons. The summed E-state index contributed by atoms with van der Waals surface area (Å²) < 4.78 is 0. The number of piperidine rings is 1. The Kier molecular flexibility index (Phi) is 4.63. The molecule has 0 aliphatic carbocycles. The highest BCUT2D eigenvalue weighted by Crippen LogP contribution is 2.30. The number of benzene rings is 1. The van der Waals surface area contributed by atoms with Crippen molar-refractivity contribution in [3.63, 3.8) is 0 Å². The van der Waals surface area contributed by atoms with Crippen LogP contribution in [0.25, 0.3) is 0 Å². The third kappa shape index (κ3) is 3.24. The van der Waals surface area contributed by atoms with Gasteiger partial charge in [0.2, 0.25) is 0 Å². The van der Waals surface area contributed by atoms with Crippen molar-refractivity contribution in [1.29, 1.82) is 0 Å². The van der Waals surface area contributed by atoms with Crippen molar-refractivity contribution >= 4 is 11.9 Å². The van der Waals surface area contributed by atoms with Crippen molar-refractivity contribution < 1.29 is 14.7 Å². The molecular weight excluding hydrogens is 268 g/mol. The number of nitrogens with two attached hydrogens (primary N) is 1. The van der Waals surface area contributed by atoms with E-state index in [0.29, 0.717) is 37.9 Å². The Morgan fingerprint density at radius 1 is 1.38 bits per heavy atom. The minimum absolute atomic E-state index is 0.0915. The van der Waals surface area contributed by atoms with Gasteiger partial charge in [0.25, 0.3) is 5.91 Å². The maximum atomic E-state index is 12.7. The molecule has 21 heavy (non-hydrogen) atoms. The molecule has 0 saturated carbocycles. The summed E-state index contributed by atoms with van der Waals surface area (Å²) in [5.74, 6) is -0.929. The summed E-state index contributed by atoms with van der Waals surface area (Å²) in [7, 11) is 0. The zero-order valence-electron chi connectivity index (χ0n) is 12.3. The molecule has 1 fully saturated rings. The molecule has 0 radical (unpaired) electrons. The lowest BCUT2D eigenvalue weighted by atomic mass is 9.81. The molecule has 2 rings (SSSR count). The van der Waals surface area contributed by atoms with Crippen LogP contribution in [0.15, 0.2) is 24.3 Å². The molecule has 1 atom stereocenters. The number of nitrogens with zero attached hydrogens (tertiary/aromatic N) is 1. The van der Waals surface area contributed by atoms with E-state index in [1.807, 2.05) is 18.2 Å². The summed E-state index contributed by atoms with van der Waals surface area (Å²) in [6.07, 6.45) is 1.97. The van der Waals surface area contributed by atoms with Crippen LogP contribution in [0.2, 0.25) is 0 Å². The number of carbonyl (C=O) groups is 2. The summed E-state index contributed by atoms with van der Waals surface area (Å²) >= 11 is 0. The van der Waals surface area contributed by atoms with Gasteiger partial charge in [-0.3, -0.25) is 9.59 Å². The van der Waals surface area contributed by atoms with E-state index in [4.69, 9.17) is 5.73 Å². The zero-order valence-corrected chi connectivity index (χ0v) is 12.3. The van der Waals surface area contributed by atoms with Crippen molar-refractivity contribution in [2.75, 3.05) is 19.6 Å². The summed E-state index contributed by atoms with van der Waals surface area (Å²) in [4.78, 5) is 25.8. The van der Waals surface area contributed by atoms with Crippen molar-refractivity contribution in [3.05, 3.63) is 35.4 Å². The van der Waals surface area contributed by atoms with E-state index >= 15 is 0 Å². The summed E-state index contributed by atoms with van der Waals surface area (Å²) in [6.45, 7) is 3.06. The lowest BCUT2D eigenvalue weighted by Crippen LogP contribution is -2.48. The molecule has 1 amide bonds. The van der Waals surface area contributed by atoms with Crippen LogP contribution in [0.1, 0.15) is 35.7 Å². The number of carboxylic acids is 1. The Bertz CT molecular complexity index is 544. The molecule has 1 aromatic rings. The highest BCUT2D eigenvalue weighted by molar-refractivity contribution is 5.96. The van der Waals surface area contributed by atoms with Gasteiger partial charge in [0.1, 0.15) is 0 Å². The molecule has 1 aromatic carbocycles. The number of hydrogen-bond acceptors (Lipinski definition) is 3. The first kappa shape index (κ1) is 15.5. The minimum atomic E-state index is -0.850. The summed E-state index contributed by atoms with van der Waals surface area (Å²) in [6, 6.07) is 7.41. The second-order valence-electron chi connectivity index (χ2n) is 5.89. The van der Waals surface area contributed by atoms with Gasteiger partial charge in [-0.15, -0.1) is 0 Å². The number of likely N-dealkylation sites (tertiary alicyclic amines) is 1. The van der Waals surface area contributed by atoms with E-state index < -0.39 is 11.4 Å². The maximum absolute atomic E-state index is 12.7. The molecule has 5 nitrogen and oxygen atoms in total. The monoisotopic (exact) mass is 290 g/mol. The Morgan fingerprint density at radius 2 is 2.10 bits per heavy atom. The van der Waals surface area contributed by atoms with Gasteiger partial charge < -0.3 is 15.7 Å². The first-order valence-electron chi connectivity index (χ1n) is 7.28. The van der Waals surface area contributed by atoms with Crippen LogP contribution >= 0.6 is 0 Å². The molecule has 1 heterocycles. The number of rotatable bonds is 4. The third-order valence-electron chi connectivity index (χ3n) is 4.16. The predicted molar refractivity (Wildman–Crippen MR) is 80.1 cm³/mol. The lowest BCUT2D eigenvalue weighted by molar-refractivity contribution is -0.150. The molecule has 0 spiro atoms. The molecule has 1 unspecified atom stereocenters. The summed E-state index contributed by atoms with van der Waals surface area (Å²) in [5.41, 5.74) is 6.30. The van der Waals surface area contributed by atoms with E-state index in [2.05, 4.69) is 0 Å². The molecule has 0 aromatic heterocycles. The second-order valence-corrected chi connectivity index (χ2v) is 5.89. The van der Waals surface area contributed by atoms with Crippen LogP contribution in [0.4, 0.5) is 0 Å². The van der Waals surface area contributed by atoms with E-state index in [9.17, 15) is 14.7 Å². The average Bonchev–Trinajstić information content (AvgIpc) is 2.47. The van der Waals surface area contributed by atoms with Gasteiger partial charge in [-0.05, 0) is 44.4 Å².